The highest BCUT2D eigenvalue weighted by Gasteiger charge is 2.37. The molecular formula is C31H31F3N6O5. The molecule has 4 aromatic heterocycles. The number of aromatic amines is 1. The van der Waals surface area contributed by atoms with Gasteiger partial charge in [-0.2, -0.15) is 13.2 Å². The topological polar surface area (TPSA) is 138 Å². The van der Waals surface area contributed by atoms with Gasteiger partial charge in [-0.05, 0) is 55.7 Å². The lowest BCUT2D eigenvalue weighted by molar-refractivity contribution is -0.144. The van der Waals surface area contributed by atoms with Gasteiger partial charge in [0.1, 0.15) is 16.8 Å². The van der Waals surface area contributed by atoms with Crippen LogP contribution >= 0.6 is 0 Å². The molecule has 0 bridgehead atoms. The van der Waals surface area contributed by atoms with Crippen LogP contribution in [0.2, 0.25) is 0 Å². The Kier molecular flexibility index (Phi) is 9.62. The number of H-pyrrole nitrogens is 1. The van der Waals surface area contributed by atoms with Gasteiger partial charge in [-0.25, -0.2) is 9.97 Å². The predicted molar refractivity (Wildman–Crippen MR) is 162 cm³/mol. The summed E-state index contributed by atoms with van der Waals surface area (Å²) in [5.41, 5.74) is 3.74. The molecule has 0 spiro atoms. The van der Waals surface area contributed by atoms with Gasteiger partial charge >= 0.3 is 6.18 Å². The molecule has 5 aromatic rings. The molecule has 2 fully saturated rings. The molecule has 1 unspecified atom stereocenters. The fourth-order valence-electron chi connectivity index (χ4n) is 5.33. The van der Waals surface area contributed by atoms with Gasteiger partial charge in [-0.3, -0.25) is 14.6 Å². The van der Waals surface area contributed by atoms with Crippen molar-refractivity contribution in [2.75, 3.05) is 42.6 Å². The summed E-state index contributed by atoms with van der Waals surface area (Å²) in [4.78, 5) is 38.7. The van der Waals surface area contributed by atoms with Crippen molar-refractivity contribution in [2.24, 2.45) is 0 Å². The Bertz CT molecular complexity index is 1810. The highest BCUT2D eigenvalue weighted by molar-refractivity contribution is 6.05. The molecule has 7 rings (SSSR count). The lowest BCUT2D eigenvalue weighted by Crippen LogP contribution is -2.45. The highest BCUT2D eigenvalue weighted by Crippen LogP contribution is 2.37. The number of pyridine rings is 2. The number of morpholine rings is 1. The van der Waals surface area contributed by atoms with Crippen molar-refractivity contribution in [3.63, 3.8) is 0 Å². The monoisotopic (exact) mass is 624 g/mol. The molecule has 0 amide bonds. The largest absolute Gasteiger partial charge is 0.483 e. The Morgan fingerprint density at radius 1 is 1.04 bits per heavy atom. The number of aromatic nitrogens is 4. The highest BCUT2D eigenvalue weighted by atomic mass is 19.4. The Morgan fingerprint density at radius 2 is 1.76 bits per heavy atom. The van der Waals surface area contributed by atoms with E-state index in [4.69, 9.17) is 19.1 Å². The first-order valence-corrected chi connectivity index (χ1v) is 14.3. The lowest BCUT2D eigenvalue weighted by Gasteiger charge is -2.34. The van der Waals surface area contributed by atoms with E-state index in [9.17, 15) is 18.0 Å². The molecular weight excluding hydrogens is 593 g/mol. The summed E-state index contributed by atoms with van der Waals surface area (Å²) in [6.45, 7) is 5.23. The third-order valence-electron chi connectivity index (χ3n) is 7.44. The molecule has 2 aliphatic rings. The average molecular weight is 625 g/mol. The zero-order chi connectivity index (χ0) is 32.0. The van der Waals surface area contributed by atoms with E-state index in [1.165, 1.54) is 0 Å². The van der Waals surface area contributed by atoms with E-state index < -0.39 is 12.0 Å². The van der Waals surface area contributed by atoms with Crippen LogP contribution in [0.15, 0.2) is 70.3 Å². The number of anilines is 2. The minimum atomic E-state index is -4.58. The van der Waals surface area contributed by atoms with E-state index in [0.717, 1.165) is 30.5 Å². The number of halogens is 3. The van der Waals surface area contributed by atoms with Gasteiger partial charge in [-0.1, -0.05) is 12.1 Å². The van der Waals surface area contributed by atoms with Crippen molar-refractivity contribution >= 4 is 40.0 Å². The molecule has 236 valence electrons. The van der Waals surface area contributed by atoms with Crippen LogP contribution in [0.3, 0.4) is 0 Å². The van der Waals surface area contributed by atoms with Gasteiger partial charge < -0.3 is 29.0 Å². The van der Waals surface area contributed by atoms with Gasteiger partial charge in [-0.15, -0.1) is 0 Å². The lowest BCUT2D eigenvalue weighted by atomic mass is 10.1. The molecule has 1 aromatic carbocycles. The molecule has 11 nitrogen and oxygen atoms in total. The number of rotatable bonds is 3. The van der Waals surface area contributed by atoms with Crippen LogP contribution in [0.25, 0.3) is 33.2 Å². The number of nitrogens with one attached hydrogen (secondary N) is 1. The molecule has 45 heavy (non-hydrogen) atoms. The summed E-state index contributed by atoms with van der Waals surface area (Å²) in [6, 6.07) is 13.0. The van der Waals surface area contributed by atoms with E-state index in [1.54, 1.807) is 42.9 Å². The predicted octanol–water partition coefficient (Wildman–Crippen LogP) is 5.36. The second kappa shape index (κ2) is 13.8. The van der Waals surface area contributed by atoms with Gasteiger partial charge in [0.25, 0.3) is 12.0 Å². The van der Waals surface area contributed by atoms with Gasteiger partial charge in [0, 0.05) is 55.2 Å². The van der Waals surface area contributed by atoms with Crippen molar-refractivity contribution in [2.45, 2.75) is 32.0 Å². The number of hydrogen-bond donors (Lipinski definition) is 2. The number of alkyl halides is 3. The molecule has 0 saturated carbocycles. The molecule has 1 atom stereocenters. The quantitative estimate of drug-likeness (QED) is 0.253. The number of carbonyl (C=O) groups is 1. The number of furan rings is 1. The van der Waals surface area contributed by atoms with Crippen molar-refractivity contribution in [3.05, 3.63) is 77.2 Å². The van der Waals surface area contributed by atoms with Gasteiger partial charge in [0.2, 0.25) is 5.82 Å². The Hall–Kier alpha value is -4.98. The summed E-state index contributed by atoms with van der Waals surface area (Å²) in [6.07, 6.45) is 2.53. The normalized spacial score (nSPS) is 16.6. The zero-order valence-corrected chi connectivity index (χ0v) is 24.3. The van der Waals surface area contributed by atoms with E-state index >= 15 is 0 Å². The number of benzene rings is 1. The number of hydrogen-bond acceptors (Lipinski definition) is 9. The van der Waals surface area contributed by atoms with E-state index in [-0.39, 0.29) is 29.4 Å². The Morgan fingerprint density at radius 3 is 2.44 bits per heavy atom. The molecule has 2 saturated heterocycles. The fraction of sp³-hybridized carbons (Fsp3) is 0.323. The molecule has 0 aliphatic carbocycles. The van der Waals surface area contributed by atoms with Crippen LogP contribution in [0.1, 0.15) is 25.6 Å². The van der Waals surface area contributed by atoms with Crippen molar-refractivity contribution in [1.29, 1.82) is 0 Å². The second-order valence-electron chi connectivity index (χ2n) is 10.4. The van der Waals surface area contributed by atoms with Crippen LogP contribution < -0.4 is 15.4 Å². The third-order valence-corrected chi connectivity index (χ3v) is 7.44. The molecule has 2 aliphatic heterocycles. The van der Waals surface area contributed by atoms with E-state index in [0.29, 0.717) is 48.5 Å². The smallest absolute Gasteiger partial charge is 0.451 e. The molecule has 14 heteroatoms. The van der Waals surface area contributed by atoms with Crippen LogP contribution in [0, 0.1) is 0 Å². The Balaban J connectivity index is 0.000000165. The summed E-state index contributed by atoms with van der Waals surface area (Å²) in [5.74, 6) is -0.875. The van der Waals surface area contributed by atoms with Crippen molar-refractivity contribution in [3.8, 4) is 11.1 Å². The second-order valence-corrected chi connectivity index (χ2v) is 10.4. The summed E-state index contributed by atoms with van der Waals surface area (Å²) < 4.78 is 50.5. The maximum atomic E-state index is 13.1. The first-order valence-electron chi connectivity index (χ1n) is 14.3. The third kappa shape index (κ3) is 7.06. The van der Waals surface area contributed by atoms with E-state index in [1.807, 2.05) is 23.1 Å². The molecule has 6 heterocycles. The van der Waals surface area contributed by atoms with Gasteiger partial charge in [0.05, 0.1) is 13.2 Å². The molecule has 0 radical (unpaired) electrons. The van der Waals surface area contributed by atoms with Crippen molar-refractivity contribution < 1.29 is 32.2 Å². The van der Waals surface area contributed by atoms with Crippen LogP contribution in [-0.4, -0.2) is 70.4 Å². The first-order chi connectivity index (χ1) is 21.7. The maximum Gasteiger partial charge on any atom is 0.451 e. The molecule has 2 N–H and O–H groups in total. The number of nitrogens with zero attached hydrogens (tertiary/aromatic N) is 5. The minimum Gasteiger partial charge on any atom is -0.483 e. The van der Waals surface area contributed by atoms with E-state index in [2.05, 4.69) is 31.8 Å². The average Bonchev–Trinajstić information content (AvgIpc) is 3.71. The fourth-order valence-corrected chi connectivity index (χ4v) is 5.33. The van der Waals surface area contributed by atoms with Crippen LogP contribution in [0.4, 0.5) is 24.7 Å². The van der Waals surface area contributed by atoms with Gasteiger partial charge in [0.15, 0.2) is 11.4 Å². The number of para-hydroxylation sites is 1. The Labute approximate surface area is 255 Å². The minimum absolute atomic E-state index is 0.0587. The standard InChI is InChI=1S/C15H12F3N3O.C15H17N3O2.CH2O2/c16-15(17,18)14-19-11-9-5-1-2-6-10(9)22-12(11)13(20-14)21-7-3-4-8-21;1-11-10-20-7-6-18(11)14-8-13(9-17-15(14)19)12-2-4-16-5-3-12;2-1-3/h1-2,5-6H,3-4,7-8H2;2-5,8-9,11H,6-7,10H2,1H3,(H,17,19);1H,(H,2,3). The summed E-state index contributed by atoms with van der Waals surface area (Å²) >= 11 is 0. The van der Waals surface area contributed by atoms with Crippen LogP contribution in [0.5, 0.6) is 0 Å². The van der Waals surface area contributed by atoms with Crippen LogP contribution in [-0.2, 0) is 15.7 Å². The number of fused-ring (bicyclic) bond motifs is 3. The maximum absolute atomic E-state index is 13.1. The van der Waals surface area contributed by atoms with Crippen molar-refractivity contribution in [1.82, 2.24) is 19.9 Å². The number of ether oxygens (including phenoxy) is 1. The summed E-state index contributed by atoms with van der Waals surface area (Å²) in [5, 5.41) is 7.46. The zero-order valence-electron chi connectivity index (χ0n) is 24.3. The SMILES string of the molecule is CC1COCCN1c1cc(-c2ccncc2)c[nH]c1=O.FC(F)(F)c1nc(N2CCCC2)c2oc3ccccc3c2n1.O=CO. The first kappa shape index (κ1) is 31.4. The summed E-state index contributed by atoms with van der Waals surface area (Å²) in [7, 11) is 0. The number of carboxylic acid groups (broad SMARTS) is 1.